The van der Waals surface area contributed by atoms with Crippen molar-refractivity contribution in [3.8, 4) is 5.75 Å². The van der Waals surface area contributed by atoms with Gasteiger partial charge in [-0.05, 0) is 24.6 Å². The van der Waals surface area contributed by atoms with Gasteiger partial charge in [0.15, 0.2) is 0 Å². The van der Waals surface area contributed by atoms with Crippen molar-refractivity contribution in [3.05, 3.63) is 29.1 Å². The van der Waals surface area contributed by atoms with Gasteiger partial charge < -0.3 is 9.47 Å². The third-order valence-corrected chi connectivity index (χ3v) is 3.24. The summed E-state index contributed by atoms with van der Waals surface area (Å²) in [5, 5.41) is 3.22. The van der Waals surface area contributed by atoms with Crippen LogP contribution >= 0.6 is 11.3 Å². The summed E-state index contributed by atoms with van der Waals surface area (Å²) in [4.78, 5) is 0. The van der Waals surface area contributed by atoms with E-state index < -0.39 is 0 Å². The van der Waals surface area contributed by atoms with Crippen molar-refractivity contribution in [3.63, 3.8) is 0 Å². The van der Waals surface area contributed by atoms with Crippen LogP contribution in [0.4, 0.5) is 0 Å². The second-order valence-corrected chi connectivity index (χ2v) is 4.18. The number of rotatable bonds is 4. The van der Waals surface area contributed by atoms with Crippen molar-refractivity contribution in [2.24, 2.45) is 0 Å². The molecule has 1 aromatic carbocycles. The number of thiophene rings is 1. The van der Waals surface area contributed by atoms with Gasteiger partial charge in [0.05, 0.1) is 13.7 Å². The first kappa shape index (κ1) is 10.5. The molecule has 0 atom stereocenters. The molecule has 2 nitrogen and oxygen atoms in total. The molecular weight excluding hydrogens is 208 g/mol. The molecule has 0 aliphatic rings. The van der Waals surface area contributed by atoms with Gasteiger partial charge in [-0.3, -0.25) is 0 Å². The minimum Gasteiger partial charge on any atom is -0.495 e. The topological polar surface area (TPSA) is 18.5 Å². The Balaban J connectivity index is 2.35. The minimum absolute atomic E-state index is 0.672. The lowest BCUT2D eigenvalue weighted by Gasteiger charge is -2.02. The maximum Gasteiger partial charge on any atom is 0.137 e. The normalized spacial score (nSPS) is 10.8. The summed E-state index contributed by atoms with van der Waals surface area (Å²) in [5.74, 6) is 0.952. The average Bonchev–Trinajstić information content (AvgIpc) is 2.68. The second-order valence-electron chi connectivity index (χ2n) is 3.27. The van der Waals surface area contributed by atoms with Gasteiger partial charge in [-0.2, -0.15) is 0 Å². The van der Waals surface area contributed by atoms with E-state index in [9.17, 15) is 0 Å². The summed E-state index contributed by atoms with van der Waals surface area (Å²) in [6.07, 6.45) is 0. The molecule has 2 rings (SSSR count). The SMILES string of the molecule is CCOCc1ccc2scc(OC)c2c1. The van der Waals surface area contributed by atoms with Crippen molar-refractivity contribution in [2.75, 3.05) is 13.7 Å². The lowest BCUT2D eigenvalue weighted by molar-refractivity contribution is 0.134. The molecule has 15 heavy (non-hydrogen) atoms. The maximum atomic E-state index is 5.38. The Morgan fingerprint density at radius 3 is 2.93 bits per heavy atom. The molecule has 0 saturated heterocycles. The first-order valence-corrected chi connectivity index (χ1v) is 5.85. The van der Waals surface area contributed by atoms with Crippen LogP contribution in [0.1, 0.15) is 12.5 Å². The summed E-state index contributed by atoms with van der Waals surface area (Å²) in [6, 6.07) is 6.37. The highest BCUT2D eigenvalue weighted by Crippen LogP contribution is 2.32. The van der Waals surface area contributed by atoms with E-state index in [1.165, 1.54) is 15.6 Å². The fourth-order valence-electron chi connectivity index (χ4n) is 1.52. The molecule has 0 amide bonds. The van der Waals surface area contributed by atoms with E-state index in [4.69, 9.17) is 9.47 Å². The van der Waals surface area contributed by atoms with Crippen LogP contribution in [0.15, 0.2) is 23.6 Å². The third kappa shape index (κ3) is 2.13. The zero-order chi connectivity index (χ0) is 10.7. The number of benzene rings is 1. The molecule has 80 valence electrons. The van der Waals surface area contributed by atoms with E-state index in [0.717, 1.165) is 12.4 Å². The number of fused-ring (bicyclic) bond motifs is 1. The van der Waals surface area contributed by atoms with Gasteiger partial charge in [-0.25, -0.2) is 0 Å². The number of hydrogen-bond acceptors (Lipinski definition) is 3. The molecule has 3 heteroatoms. The van der Waals surface area contributed by atoms with Crippen LogP contribution in [0.2, 0.25) is 0 Å². The van der Waals surface area contributed by atoms with Crippen molar-refractivity contribution >= 4 is 21.4 Å². The molecular formula is C12H14O2S. The van der Waals surface area contributed by atoms with E-state index >= 15 is 0 Å². The fourth-order valence-corrected chi connectivity index (χ4v) is 2.41. The Kier molecular flexibility index (Phi) is 3.23. The smallest absolute Gasteiger partial charge is 0.137 e. The molecule has 0 bridgehead atoms. The van der Waals surface area contributed by atoms with Crippen LogP contribution in [0.5, 0.6) is 5.75 Å². The van der Waals surface area contributed by atoms with E-state index in [1.54, 1.807) is 18.4 Å². The molecule has 2 aromatic rings. The molecule has 0 radical (unpaired) electrons. The van der Waals surface area contributed by atoms with Crippen LogP contribution in [0.3, 0.4) is 0 Å². The summed E-state index contributed by atoms with van der Waals surface area (Å²) in [7, 11) is 1.71. The van der Waals surface area contributed by atoms with Crippen LogP contribution in [0.25, 0.3) is 10.1 Å². The Hall–Kier alpha value is -1.06. The highest BCUT2D eigenvalue weighted by Gasteiger charge is 2.04. The highest BCUT2D eigenvalue weighted by molar-refractivity contribution is 7.17. The van der Waals surface area contributed by atoms with E-state index in [0.29, 0.717) is 6.61 Å². The predicted octanol–water partition coefficient (Wildman–Crippen LogP) is 3.45. The average molecular weight is 222 g/mol. The molecule has 0 fully saturated rings. The van der Waals surface area contributed by atoms with Gasteiger partial charge in [0.1, 0.15) is 5.75 Å². The molecule has 0 saturated carbocycles. The Bertz CT molecular complexity index is 448. The lowest BCUT2D eigenvalue weighted by Crippen LogP contribution is -1.91. The molecule has 0 unspecified atom stereocenters. The number of ether oxygens (including phenoxy) is 2. The summed E-state index contributed by atoms with van der Waals surface area (Å²) >= 11 is 1.71. The summed E-state index contributed by atoms with van der Waals surface area (Å²) in [6.45, 7) is 3.42. The first-order chi connectivity index (χ1) is 7.35. The Morgan fingerprint density at radius 2 is 2.20 bits per heavy atom. The molecule has 1 heterocycles. The summed E-state index contributed by atoms with van der Waals surface area (Å²) in [5.41, 5.74) is 1.20. The molecule has 1 aromatic heterocycles. The summed E-state index contributed by atoms with van der Waals surface area (Å²) < 4.78 is 11.9. The first-order valence-electron chi connectivity index (χ1n) is 4.97. The minimum atomic E-state index is 0.672. The number of methoxy groups -OCH3 is 1. The van der Waals surface area contributed by atoms with Crippen LogP contribution in [0, 0.1) is 0 Å². The van der Waals surface area contributed by atoms with Crippen LogP contribution in [-0.4, -0.2) is 13.7 Å². The van der Waals surface area contributed by atoms with Gasteiger partial charge in [-0.1, -0.05) is 6.07 Å². The highest BCUT2D eigenvalue weighted by atomic mass is 32.1. The van der Waals surface area contributed by atoms with E-state index in [-0.39, 0.29) is 0 Å². The van der Waals surface area contributed by atoms with E-state index in [2.05, 4.69) is 18.2 Å². The van der Waals surface area contributed by atoms with Crippen molar-refractivity contribution in [2.45, 2.75) is 13.5 Å². The van der Waals surface area contributed by atoms with Crippen molar-refractivity contribution in [1.29, 1.82) is 0 Å². The monoisotopic (exact) mass is 222 g/mol. The van der Waals surface area contributed by atoms with Crippen LogP contribution in [-0.2, 0) is 11.3 Å². The van der Waals surface area contributed by atoms with Crippen molar-refractivity contribution < 1.29 is 9.47 Å². The Labute approximate surface area is 93.4 Å². The molecule has 0 spiro atoms. The van der Waals surface area contributed by atoms with Gasteiger partial charge >= 0.3 is 0 Å². The van der Waals surface area contributed by atoms with Crippen LogP contribution < -0.4 is 4.74 Å². The maximum absolute atomic E-state index is 5.38. The third-order valence-electron chi connectivity index (χ3n) is 2.30. The van der Waals surface area contributed by atoms with Gasteiger partial charge in [0.25, 0.3) is 0 Å². The largest absolute Gasteiger partial charge is 0.495 e. The molecule has 0 aliphatic carbocycles. The zero-order valence-electron chi connectivity index (χ0n) is 8.95. The predicted molar refractivity (Wildman–Crippen MR) is 63.7 cm³/mol. The lowest BCUT2D eigenvalue weighted by atomic mass is 10.2. The van der Waals surface area contributed by atoms with Gasteiger partial charge in [0.2, 0.25) is 0 Å². The van der Waals surface area contributed by atoms with Gasteiger partial charge in [-0.15, -0.1) is 11.3 Å². The standard InChI is InChI=1S/C12H14O2S/c1-3-14-7-9-4-5-12-10(6-9)11(13-2)8-15-12/h4-6,8H,3,7H2,1-2H3. The second kappa shape index (κ2) is 4.64. The quantitative estimate of drug-likeness (QED) is 0.789. The van der Waals surface area contributed by atoms with Gasteiger partial charge in [0, 0.05) is 22.1 Å². The number of hydrogen-bond donors (Lipinski definition) is 0. The Morgan fingerprint density at radius 1 is 1.33 bits per heavy atom. The molecule has 0 N–H and O–H groups in total. The van der Waals surface area contributed by atoms with E-state index in [1.807, 2.05) is 12.3 Å². The zero-order valence-corrected chi connectivity index (χ0v) is 9.76. The van der Waals surface area contributed by atoms with Crippen molar-refractivity contribution in [1.82, 2.24) is 0 Å². The molecule has 0 aliphatic heterocycles. The fraction of sp³-hybridized carbons (Fsp3) is 0.333.